The highest BCUT2D eigenvalue weighted by atomic mass is 35.5. The van der Waals surface area contributed by atoms with Crippen LogP contribution in [0.5, 0.6) is 0 Å². The molecule has 1 fully saturated rings. The summed E-state index contributed by atoms with van der Waals surface area (Å²) in [5, 5.41) is 3.39. The summed E-state index contributed by atoms with van der Waals surface area (Å²) >= 11 is 0. The van der Waals surface area contributed by atoms with Gasteiger partial charge in [0.2, 0.25) is 5.91 Å². The Labute approximate surface area is 137 Å². The molecule has 21 heavy (non-hydrogen) atoms. The van der Waals surface area contributed by atoms with Crippen molar-refractivity contribution in [3.63, 3.8) is 0 Å². The standard InChI is InChI=1S/C17H34N2O.ClH/c1-5-16(6-2)19(13-14(3)4)17(20)8-7-15-9-11-18-12-10-15;/h14-16,18H,5-13H2,1-4H3;1H. The molecule has 3 nitrogen and oxygen atoms in total. The third kappa shape index (κ3) is 7.51. The third-order valence-corrected chi connectivity index (χ3v) is 4.49. The highest BCUT2D eigenvalue weighted by molar-refractivity contribution is 5.85. The zero-order chi connectivity index (χ0) is 15.0. The van der Waals surface area contributed by atoms with Gasteiger partial charge in [0, 0.05) is 19.0 Å². The fourth-order valence-corrected chi connectivity index (χ4v) is 3.22. The first-order valence-corrected chi connectivity index (χ1v) is 8.58. The second-order valence-electron chi connectivity index (χ2n) is 6.64. The first-order valence-electron chi connectivity index (χ1n) is 8.58. The summed E-state index contributed by atoms with van der Waals surface area (Å²) in [5.74, 6) is 1.69. The van der Waals surface area contributed by atoms with Gasteiger partial charge in [-0.05, 0) is 57.0 Å². The number of carbonyl (C=O) groups excluding carboxylic acids is 1. The highest BCUT2D eigenvalue weighted by Crippen LogP contribution is 2.20. The molecule has 0 radical (unpaired) electrons. The SMILES string of the molecule is CCC(CC)N(CC(C)C)C(=O)CCC1CCNCC1.Cl. The molecule has 0 bridgehead atoms. The number of nitrogens with zero attached hydrogens (tertiary/aromatic N) is 1. The highest BCUT2D eigenvalue weighted by Gasteiger charge is 2.23. The number of carbonyl (C=O) groups is 1. The van der Waals surface area contributed by atoms with Gasteiger partial charge in [0.15, 0.2) is 0 Å². The molecular weight excluding hydrogens is 284 g/mol. The first-order chi connectivity index (χ1) is 9.58. The van der Waals surface area contributed by atoms with Crippen LogP contribution in [0.3, 0.4) is 0 Å². The lowest BCUT2D eigenvalue weighted by molar-refractivity contribution is -0.134. The number of nitrogens with one attached hydrogen (secondary N) is 1. The molecule has 0 atom stereocenters. The second-order valence-corrected chi connectivity index (χ2v) is 6.64. The van der Waals surface area contributed by atoms with Crippen LogP contribution in [0, 0.1) is 11.8 Å². The normalized spacial score (nSPS) is 16.1. The van der Waals surface area contributed by atoms with Crippen molar-refractivity contribution >= 4 is 18.3 Å². The second kappa shape index (κ2) is 11.3. The summed E-state index contributed by atoms with van der Waals surface area (Å²) in [6.07, 6.45) is 6.44. The molecule has 0 unspecified atom stereocenters. The van der Waals surface area contributed by atoms with E-state index < -0.39 is 0 Å². The van der Waals surface area contributed by atoms with Crippen molar-refractivity contribution in [1.29, 1.82) is 0 Å². The first kappa shape index (κ1) is 20.7. The number of hydrogen-bond donors (Lipinski definition) is 1. The molecule has 1 amide bonds. The number of halogens is 1. The summed E-state index contributed by atoms with van der Waals surface area (Å²) in [4.78, 5) is 14.7. The Hall–Kier alpha value is -0.280. The molecule has 1 N–H and O–H groups in total. The van der Waals surface area contributed by atoms with Crippen LogP contribution in [0.1, 0.15) is 66.2 Å². The Morgan fingerprint density at radius 2 is 1.76 bits per heavy atom. The zero-order valence-corrected chi connectivity index (χ0v) is 15.2. The molecule has 1 aliphatic heterocycles. The van der Waals surface area contributed by atoms with E-state index in [2.05, 4.69) is 37.9 Å². The van der Waals surface area contributed by atoms with Crippen molar-refractivity contribution in [2.45, 2.75) is 72.3 Å². The van der Waals surface area contributed by atoms with E-state index in [0.717, 1.165) is 51.2 Å². The molecule has 4 heteroatoms. The fourth-order valence-electron chi connectivity index (χ4n) is 3.22. The quantitative estimate of drug-likeness (QED) is 0.737. The van der Waals surface area contributed by atoms with Crippen LogP contribution < -0.4 is 5.32 Å². The lowest BCUT2D eigenvalue weighted by atomic mass is 9.92. The van der Waals surface area contributed by atoms with Crippen LogP contribution in [-0.2, 0) is 4.79 Å². The number of hydrogen-bond acceptors (Lipinski definition) is 2. The van der Waals surface area contributed by atoms with Crippen molar-refractivity contribution in [3.8, 4) is 0 Å². The average molecular weight is 319 g/mol. The van der Waals surface area contributed by atoms with Gasteiger partial charge in [-0.1, -0.05) is 27.7 Å². The fraction of sp³-hybridized carbons (Fsp3) is 0.941. The lowest BCUT2D eigenvalue weighted by Gasteiger charge is -2.33. The number of piperidine rings is 1. The monoisotopic (exact) mass is 318 g/mol. The minimum Gasteiger partial charge on any atom is -0.339 e. The Balaban J connectivity index is 0.00000400. The summed E-state index contributed by atoms with van der Waals surface area (Å²) in [7, 11) is 0. The molecule has 0 aromatic rings. The van der Waals surface area contributed by atoms with E-state index in [1.165, 1.54) is 12.8 Å². The van der Waals surface area contributed by atoms with Gasteiger partial charge in [-0.2, -0.15) is 0 Å². The molecule has 0 aromatic carbocycles. The van der Waals surface area contributed by atoms with Gasteiger partial charge < -0.3 is 10.2 Å². The van der Waals surface area contributed by atoms with Gasteiger partial charge in [-0.25, -0.2) is 0 Å². The summed E-state index contributed by atoms with van der Waals surface area (Å²) < 4.78 is 0. The molecule has 1 saturated heterocycles. The van der Waals surface area contributed by atoms with Crippen molar-refractivity contribution < 1.29 is 4.79 Å². The lowest BCUT2D eigenvalue weighted by Crippen LogP contribution is -2.42. The van der Waals surface area contributed by atoms with Gasteiger partial charge in [-0.3, -0.25) is 4.79 Å². The summed E-state index contributed by atoms with van der Waals surface area (Å²) in [6.45, 7) is 12.0. The van der Waals surface area contributed by atoms with E-state index in [4.69, 9.17) is 0 Å². The third-order valence-electron chi connectivity index (χ3n) is 4.49. The summed E-state index contributed by atoms with van der Waals surface area (Å²) in [5.41, 5.74) is 0. The predicted octanol–water partition coefficient (Wildman–Crippen LogP) is 3.86. The Kier molecular flexibility index (Phi) is 11.2. The minimum absolute atomic E-state index is 0. The Morgan fingerprint density at radius 3 is 2.24 bits per heavy atom. The van der Waals surface area contributed by atoms with Crippen LogP contribution in [0.2, 0.25) is 0 Å². The molecule has 1 rings (SSSR count). The van der Waals surface area contributed by atoms with E-state index in [-0.39, 0.29) is 12.4 Å². The van der Waals surface area contributed by atoms with Gasteiger partial charge in [0.1, 0.15) is 0 Å². The maximum Gasteiger partial charge on any atom is 0.222 e. The van der Waals surface area contributed by atoms with Gasteiger partial charge in [0.05, 0.1) is 0 Å². The molecule has 0 aliphatic carbocycles. The van der Waals surface area contributed by atoms with Crippen molar-refractivity contribution in [1.82, 2.24) is 10.2 Å². The largest absolute Gasteiger partial charge is 0.339 e. The van der Waals surface area contributed by atoms with Gasteiger partial charge in [-0.15, -0.1) is 12.4 Å². The van der Waals surface area contributed by atoms with Crippen LogP contribution in [0.25, 0.3) is 0 Å². The minimum atomic E-state index is 0. The maximum absolute atomic E-state index is 12.6. The summed E-state index contributed by atoms with van der Waals surface area (Å²) in [6, 6.07) is 0.429. The van der Waals surface area contributed by atoms with E-state index in [0.29, 0.717) is 17.9 Å². The van der Waals surface area contributed by atoms with Crippen molar-refractivity contribution in [2.24, 2.45) is 11.8 Å². The van der Waals surface area contributed by atoms with E-state index in [9.17, 15) is 4.79 Å². The molecule has 1 aliphatic rings. The Morgan fingerprint density at radius 1 is 1.19 bits per heavy atom. The average Bonchev–Trinajstić information content (AvgIpc) is 2.45. The van der Waals surface area contributed by atoms with Crippen LogP contribution in [-0.4, -0.2) is 36.5 Å². The molecule has 0 saturated carbocycles. The Bertz CT molecular complexity index is 274. The van der Waals surface area contributed by atoms with E-state index in [1.807, 2.05) is 0 Å². The molecule has 1 heterocycles. The van der Waals surface area contributed by atoms with Crippen molar-refractivity contribution in [3.05, 3.63) is 0 Å². The molecule has 0 aromatic heterocycles. The zero-order valence-electron chi connectivity index (χ0n) is 14.4. The van der Waals surface area contributed by atoms with Crippen LogP contribution in [0.4, 0.5) is 0 Å². The molecule has 0 spiro atoms. The van der Waals surface area contributed by atoms with Gasteiger partial charge in [0.25, 0.3) is 0 Å². The smallest absolute Gasteiger partial charge is 0.222 e. The predicted molar refractivity (Wildman–Crippen MR) is 93.0 cm³/mol. The topological polar surface area (TPSA) is 32.3 Å². The maximum atomic E-state index is 12.6. The van der Waals surface area contributed by atoms with Crippen molar-refractivity contribution in [2.75, 3.05) is 19.6 Å². The van der Waals surface area contributed by atoms with Crippen LogP contribution in [0.15, 0.2) is 0 Å². The van der Waals surface area contributed by atoms with E-state index >= 15 is 0 Å². The van der Waals surface area contributed by atoms with Gasteiger partial charge >= 0.3 is 0 Å². The number of rotatable bonds is 8. The van der Waals surface area contributed by atoms with E-state index in [1.54, 1.807) is 0 Å². The molecule has 126 valence electrons. The molecular formula is C17H35ClN2O. The van der Waals surface area contributed by atoms with Crippen LogP contribution >= 0.6 is 12.4 Å². The number of amides is 1.